The van der Waals surface area contributed by atoms with E-state index in [4.69, 9.17) is 9.26 Å². The lowest BCUT2D eigenvalue weighted by atomic mass is 10.1. The van der Waals surface area contributed by atoms with Crippen LogP contribution in [0.25, 0.3) is 0 Å². The van der Waals surface area contributed by atoms with Gasteiger partial charge >= 0.3 is 0 Å². The Morgan fingerprint density at radius 3 is 2.74 bits per heavy atom. The highest BCUT2D eigenvalue weighted by Crippen LogP contribution is 2.18. The summed E-state index contributed by atoms with van der Waals surface area (Å²) in [5.41, 5.74) is 2.09. The summed E-state index contributed by atoms with van der Waals surface area (Å²) in [5, 5.41) is 10.7. The molecule has 3 rings (SSSR count). The van der Waals surface area contributed by atoms with Gasteiger partial charge in [0, 0.05) is 44.5 Å². The minimum atomic E-state index is 0.351. The minimum absolute atomic E-state index is 0.351. The summed E-state index contributed by atoms with van der Waals surface area (Å²) in [7, 11) is 1.75. The Hall–Kier alpha value is -2.61. The third-order valence-corrected chi connectivity index (χ3v) is 4.45. The molecular weight excluding hydrogens is 344 g/mol. The van der Waals surface area contributed by atoms with E-state index in [2.05, 4.69) is 50.6 Å². The predicted octanol–water partition coefficient (Wildman–Crippen LogP) is 1.89. The first-order chi connectivity index (χ1) is 13.2. The predicted molar refractivity (Wildman–Crippen MR) is 105 cm³/mol. The van der Waals surface area contributed by atoms with Crippen molar-refractivity contribution in [2.24, 2.45) is 4.99 Å². The van der Waals surface area contributed by atoms with Crippen LogP contribution in [0, 0.1) is 0 Å². The number of nitrogens with zero attached hydrogens (tertiary/aromatic N) is 4. The van der Waals surface area contributed by atoms with Crippen molar-refractivity contribution in [1.29, 1.82) is 0 Å². The molecular formula is C19H28N6O2. The van der Waals surface area contributed by atoms with Gasteiger partial charge in [-0.25, -0.2) is 4.98 Å². The number of ether oxygens (including phenoxy) is 1. The monoisotopic (exact) mass is 372 g/mol. The first-order valence-electron chi connectivity index (χ1n) is 9.34. The Kier molecular flexibility index (Phi) is 6.64. The van der Waals surface area contributed by atoms with Crippen LogP contribution in [0.5, 0.6) is 0 Å². The Balaban J connectivity index is 1.56. The fourth-order valence-electron chi connectivity index (χ4n) is 2.88. The van der Waals surface area contributed by atoms with Gasteiger partial charge in [-0.3, -0.25) is 4.99 Å². The molecule has 0 saturated carbocycles. The SMILES string of the molecule is CN=C(NCc1cc(C(C)C)no1)NCc1cccnc1N1CCOCC1. The largest absolute Gasteiger partial charge is 0.378 e. The maximum atomic E-state index is 5.44. The number of nitrogens with one attached hydrogen (secondary N) is 2. The van der Waals surface area contributed by atoms with E-state index in [1.54, 1.807) is 7.05 Å². The van der Waals surface area contributed by atoms with Crippen molar-refractivity contribution in [3.63, 3.8) is 0 Å². The van der Waals surface area contributed by atoms with E-state index in [1.807, 2.05) is 18.3 Å². The van der Waals surface area contributed by atoms with Crippen molar-refractivity contribution in [1.82, 2.24) is 20.8 Å². The van der Waals surface area contributed by atoms with Gasteiger partial charge in [0.15, 0.2) is 11.7 Å². The summed E-state index contributed by atoms with van der Waals surface area (Å²) in [6.07, 6.45) is 1.83. The second kappa shape index (κ2) is 9.36. The smallest absolute Gasteiger partial charge is 0.191 e. The summed E-state index contributed by atoms with van der Waals surface area (Å²) in [4.78, 5) is 11.1. The zero-order valence-electron chi connectivity index (χ0n) is 16.2. The number of hydrogen-bond donors (Lipinski definition) is 2. The third-order valence-electron chi connectivity index (χ3n) is 4.45. The Morgan fingerprint density at radius 1 is 1.26 bits per heavy atom. The van der Waals surface area contributed by atoms with Crippen molar-refractivity contribution in [3.8, 4) is 0 Å². The van der Waals surface area contributed by atoms with Crippen molar-refractivity contribution >= 4 is 11.8 Å². The van der Waals surface area contributed by atoms with E-state index in [-0.39, 0.29) is 0 Å². The lowest BCUT2D eigenvalue weighted by molar-refractivity contribution is 0.122. The summed E-state index contributed by atoms with van der Waals surface area (Å²) in [5.74, 6) is 2.84. The third kappa shape index (κ3) is 5.19. The normalized spacial score (nSPS) is 15.3. The van der Waals surface area contributed by atoms with E-state index >= 15 is 0 Å². The fourth-order valence-corrected chi connectivity index (χ4v) is 2.88. The van der Waals surface area contributed by atoms with E-state index in [0.717, 1.165) is 49.1 Å². The van der Waals surface area contributed by atoms with Gasteiger partial charge < -0.3 is 24.8 Å². The number of rotatable bonds is 6. The van der Waals surface area contributed by atoms with Crippen LogP contribution >= 0.6 is 0 Å². The molecule has 0 spiro atoms. The second-order valence-corrected chi connectivity index (χ2v) is 6.74. The minimum Gasteiger partial charge on any atom is -0.378 e. The van der Waals surface area contributed by atoms with Crippen LogP contribution in [-0.2, 0) is 17.8 Å². The molecule has 146 valence electrons. The summed E-state index contributed by atoms with van der Waals surface area (Å²) in [6, 6.07) is 6.02. The van der Waals surface area contributed by atoms with Crippen LogP contribution in [0.3, 0.4) is 0 Å². The van der Waals surface area contributed by atoms with E-state index in [9.17, 15) is 0 Å². The molecule has 2 aromatic rings. The quantitative estimate of drug-likeness (QED) is 0.591. The van der Waals surface area contributed by atoms with Gasteiger partial charge in [-0.15, -0.1) is 0 Å². The summed E-state index contributed by atoms with van der Waals surface area (Å²) < 4.78 is 10.8. The molecule has 0 bridgehead atoms. The second-order valence-electron chi connectivity index (χ2n) is 6.74. The highest BCUT2D eigenvalue weighted by Gasteiger charge is 2.16. The maximum absolute atomic E-state index is 5.44. The number of hydrogen-bond acceptors (Lipinski definition) is 6. The van der Waals surface area contributed by atoms with E-state index in [0.29, 0.717) is 25.0 Å². The molecule has 8 heteroatoms. The van der Waals surface area contributed by atoms with Gasteiger partial charge in [-0.05, 0) is 12.0 Å². The topological polar surface area (TPSA) is 87.8 Å². The van der Waals surface area contributed by atoms with Gasteiger partial charge in [-0.2, -0.15) is 0 Å². The van der Waals surface area contributed by atoms with E-state index in [1.165, 1.54) is 0 Å². The number of anilines is 1. The average molecular weight is 372 g/mol. The molecule has 1 aliphatic heterocycles. The number of pyridine rings is 1. The van der Waals surface area contributed by atoms with Crippen LogP contribution in [0.1, 0.15) is 36.8 Å². The molecule has 0 aromatic carbocycles. The number of guanidine groups is 1. The Labute approximate surface area is 160 Å². The number of morpholine rings is 1. The first-order valence-corrected chi connectivity index (χ1v) is 9.34. The molecule has 27 heavy (non-hydrogen) atoms. The molecule has 2 aromatic heterocycles. The molecule has 0 atom stereocenters. The molecule has 8 nitrogen and oxygen atoms in total. The van der Waals surface area contributed by atoms with Crippen LogP contribution in [0.15, 0.2) is 33.9 Å². The molecule has 0 amide bonds. The van der Waals surface area contributed by atoms with E-state index < -0.39 is 0 Å². The summed E-state index contributed by atoms with van der Waals surface area (Å²) >= 11 is 0. The van der Waals surface area contributed by atoms with Gasteiger partial charge in [0.25, 0.3) is 0 Å². The highest BCUT2D eigenvalue weighted by molar-refractivity contribution is 5.79. The first kappa shape index (κ1) is 19.2. The lowest BCUT2D eigenvalue weighted by Gasteiger charge is -2.29. The molecule has 0 unspecified atom stereocenters. The van der Waals surface area contributed by atoms with Crippen LogP contribution < -0.4 is 15.5 Å². The number of aliphatic imine (C=N–C) groups is 1. The van der Waals surface area contributed by atoms with Gasteiger partial charge in [0.2, 0.25) is 0 Å². The van der Waals surface area contributed by atoms with Crippen LogP contribution in [0.4, 0.5) is 5.82 Å². The van der Waals surface area contributed by atoms with Gasteiger partial charge in [-0.1, -0.05) is 25.1 Å². The Bertz CT molecular complexity index is 752. The zero-order valence-corrected chi connectivity index (χ0v) is 16.2. The maximum Gasteiger partial charge on any atom is 0.191 e. The van der Waals surface area contributed by atoms with Crippen molar-refractivity contribution in [2.45, 2.75) is 32.9 Å². The van der Waals surface area contributed by atoms with Gasteiger partial charge in [0.1, 0.15) is 5.82 Å². The van der Waals surface area contributed by atoms with Gasteiger partial charge in [0.05, 0.1) is 25.5 Å². The molecule has 2 N–H and O–H groups in total. The fraction of sp³-hybridized carbons (Fsp3) is 0.526. The summed E-state index contributed by atoms with van der Waals surface area (Å²) in [6.45, 7) is 8.55. The molecule has 0 radical (unpaired) electrons. The molecule has 0 aliphatic carbocycles. The number of aromatic nitrogens is 2. The standard InChI is InChI=1S/C19H28N6O2/c1-14(2)17-11-16(27-24-17)13-23-19(20-3)22-12-15-5-4-6-21-18(15)25-7-9-26-10-8-25/h4-6,11,14H,7-10,12-13H2,1-3H3,(H2,20,22,23). The Morgan fingerprint density at radius 2 is 2.04 bits per heavy atom. The molecule has 1 fully saturated rings. The highest BCUT2D eigenvalue weighted by atomic mass is 16.5. The van der Waals surface area contributed by atoms with Crippen LogP contribution in [-0.4, -0.2) is 49.5 Å². The lowest BCUT2D eigenvalue weighted by Crippen LogP contribution is -2.39. The van der Waals surface area contributed by atoms with Crippen LogP contribution in [0.2, 0.25) is 0 Å². The van der Waals surface area contributed by atoms with Crippen molar-refractivity contribution in [2.75, 3.05) is 38.3 Å². The molecule has 3 heterocycles. The molecule has 1 saturated heterocycles. The zero-order chi connectivity index (χ0) is 19.1. The molecule has 1 aliphatic rings. The van der Waals surface area contributed by atoms with Crippen molar-refractivity contribution in [3.05, 3.63) is 41.4 Å². The van der Waals surface area contributed by atoms with Crippen molar-refractivity contribution < 1.29 is 9.26 Å². The average Bonchev–Trinajstić information content (AvgIpc) is 3.18.